The van der Waals surface area contributed by atoms with Crippen LogP contribution in [0.4, 0.5) is 5.69 Å². The van der Waals surface area contributed by atoms with E-state index >= 15 is 0 Å². The summed E-state index contributed by atoms with van der Waals surface area (Å²) in [4.78, 5) is 24.4. The molecule has 2 aromatic rings. The molecule has 1 aliphatic carbocycles. The Labute approximate surface area is 195 Å². The molecule has 6 nitrogen and oxygen atoms in total. The minimum absolute atomic E-state index is 0.0186. The number of ketones is 1. The van der Waals surface area contributed by atoms with E-state index in [0.29, 0.717) is 19.3 Å². The third-order valence-electron chi connectivity index (χ3n) is 5.70. The van der Waals surface area contributed by atoms with Gasteiger partial charge in [-0.25, -0.2) is 5.84 Å². The van der Waals surface area contributed by atoms with E-state index in [-0.39, 0.29) is 17.6 Å². The number of hydrazone groups is 1. The average Bonchev–Trinajstić information content (AvgIpc) is 2.74. The standard InChI is InChI=1S/C24H25IN4O2/c1-15-12-23(31)29(26)28-24(15)17-8-10-19(11-9-17)27-21-6-3-7-22(30)20(21)14-16-4-2-5-18(25)13-16/h2,4-5,8-11,13,15,27H,3,6-7,12,14,26H2,1H3. The lowest BCUT2D eigenvalue weighted by molar-refractivity contribution is -0.132. The number of Topliss-reactive ketones (excluding diaryl/α,β-unsaturated/α-hetero) is 1. The summed E-state index contributed by atoms with van der Waals surface area (Å²) in [7, 11) is 0. The van der Waals surface area contributed by atoms with Crippen molar-refractivity contribution in [3.05, 3.63) is 74.5 Å². The van der Waals surface area contributed by atoms with Crippen molar-refractivity contribution in [3.63, 3.8) is 0 Å². The number of carbonyl (C=O) groups excluding carboxylic acids is 2. The summed E-state index contributed by atoms with van der Waals surface area (Å²) in [5.74, 6) is 5.73. The Hall–Kier alpha value is -2.52. The highest BCUT2D eigenvalue weighted by atomic mass is 127. The van der Waals surface area contributed by atoms with E-state index in [2.05, 4.69) is 51.2 Å². The van der Waals surface area contributed by atoms with Gasteiger partial charge in [0.15, 0.2) is 5.78 Å². The van der Waals surface area contributed by atoms with E-state index in [9.17, 15) is 9.59 Å². The van der Waals surface area contributed by atoms with Crippen LogP contribution in [-0.4, -0.2) is 22.5 Å². The summed E-state index contributed by atoms with van der Waals surface area (Å²) < 4.78 is 1.17. The van der Waals surface area contributed by atoms with Crippen molar-refractivity contribution in [2.75, 3.05) is 5.32 Å². The van der Waals surface area contributed by atoms with E-state index in [1.54, 1.807) is 0 Å². The molecule has 0 aromatic heterocycles. The second-order valence-corrected chi connectivity index (χ2v) is 9.32. The van der Waals surface area contributed by atoms with Crippen molar-refractivity contribution in [2.24, 2.45) is 16.9 Å². The van der Waals surface area contributed by atoms with Gasteiger partial charge in [0.2, 0.25) is 0 Å². The molecule has 0 fully saturated rings. The number of rotatable bonds is 5. The molecule has 31 heavy (non-hydrogen) atoms. The molecule has 3 N–H and O–H groups in total. The number of nitrogens with two attached hydrogens (primary N) is 1. The number of nitrogens with zero attached hydrogens (tertiary/aromatic N) is 2. The van der Waals surface area contributed by atoms with Crippen molar-refractivity contribution < 1.29 is 9.59 Å². The lowest BCUT2D eigenvalue weighted by Crippen LogP contribution is -2.40. The number of amides is 1. The fraction of sp³-hybridized carbons (Fsp3) is 0.292. The fourth-order valence-corrected chi connectivity index (χ4v) is 4.66. The van der Waals surface area contributed by atoms with E-state index in [1.165, 1.54) is 3.57 Å². The highest BCUT2D eigenvalue weighted by Gasteiger charge is 2.26. The van der Waals surface area contributed by atoms with E-state index < -0.39 is 0 Å². The molecule has 7 heteroatoms. The Balaban J connectivity index is 1.56. The van der Waals surface area contributed by atoms with E-state index in [1.807, 2.05) is 37.3 Å². The lowest BCUT2D eigenvalue weighted by Gasteiger charge is -2.24. The van der Waals surface area contributed by atoms with Crippen LogP contribution in [0.3, 0.4) is 0 Å². The van der Waals surface area contributed by atoms with Crippen LogP contribution in [0.25, 0.3) is 0 Å². The van der Waals surface area contributed by atoms with Crippen LogP contribution in [0.1, 0.15) is 43.7 Å². The van der Waals surface area contributed by atoms with Gasteiger partial charge in [0.25, 0.3) is 5.91 Å². The van der Waals surface area contributed by atoms with Crippen molar-refractivity contribution >= 4 is 45.7 Å². The molecule has 0 radical (unpaired) electrons. The molecular weight excluding hydrogens is 503 g/mol. The van der Waals surface area contributed by atoms with Crippen LogP contribution in [0.5, 0.6) is 0 Å². The maximum absolute atomic E-state index is 12.7. The molecule has 1 atom stereocenters. The molecule has 2 aliphatic rings. The van der Waals surface area contributed by atoms with Gasteiger partial charge in [0.1, 0.15) is 0 Å². The molecular formula is C24H25IN4O2. The lowest BCUT2D eigenvalue weighted by atomic mass is 9.90. The molecule has 0 saturated carbocycles. The summed E-state index contributed by atoms with van der Waals surface area (Å²) >= 11 is 2.30. The number of carbonyl (C=O) groups is 2. The minimum atomic E-state index is -0.177. The second kappa shape index (κ2) is 9.32. The highest BCUT2D eigenvalue weighted by molar-refractivity contribution is 14.1. The summed E-state index contributed by atoms with van der Waals surface area (Å²) in [6.07, 6.45) is 3.33. The number of benzene rings is 2. The van der Waals surface area contributed by atoms with Crippen molar-refractivity contribution in [1.82, 2.24) is 5.12 Å². The zero-order valence-electron chi connectivity index (χ0n) is 17.4. The number of nitrogens with one attached hydrogen (secondary N) is 1. The molecule has 0 saturated heterocycles. The Morgan fingerprint density at radius 1 is 1.16 bits per heavy atom. The smallest absolute Gasteiger partial charge is 0.258 e. The minimum Gasteiger partial charge on any atom is -0.359 e. The predicted octanol–water partition coefficient (Wildman–Crippen LogP) is 4.40. The normalized spacial score (nSPS) is 19.5. The van der Waals surface area contributed by atoms with Crippen molar-refractivity contribution in [2.45, 2.75) is 39.0 Å². The molecule has 1 heterocycles. The molecule has 4 rings (SSSR count). The zero-order valence-corrected chi connectivity index (χ0v) is 19.6. The molecule has 0 spiro atoms. The number of halogens is 1. The Morgan fingerprint density at radius 2 is 1.94 bits per heavy atom. The zero-order chi connectivity index (χ0) is 22.0. The molecule has 1 amide bonds. The van der Waals surface area contributed by atoms with E-state index in [0.717, 1.165) is 51.8 Å². The largest absolute Gasteiger partial charge is 0.359 e. The van der Waals surface area contributed by atoms with Gasteiger partial charge >= 0.3 is 0 Å². The molecule has 2 aromatic carbocycles. The van der Waals surface area contributed by atoms with E-state index in [4.69, 9.17) is 5.84 Å². The summed E-state index contributed by atoms with van der Waals surface area (Å²) in [6.45, 7) is 1.98. The Bertz CT molecular complexity index is 1080. The first-order valence-electron chi connectivity index (χ1n) is 10.4. The summed E-state index contributed by atoms with van der Waals surface area (Å²) in [5, 5.41) is 8.65. The van der Waals surface area contributed by atoms with Crippen LogP contribution in [0.15, 0.2) is 64.9 Å². The SMILES string of the molecule is CC1CC(=O)N(N)N=C1c1ccc(NC2=C(Cc3cccc(I)c3)C(=O)CCC2)cc1. The Kier molecular flexibility index (Phi) is 6.52. The number of allylic oxidation sites excluding steroid dienone is 2. The van der Waals surface area contributed by atoms with Crippen LogP contribution < -0.4 is 11.2 Å². The highest BCUT2D eigenvalue weighted by Crippen LogP contribution is 2.28. The van der Waals surface area contributed by atoms with Crippen molar-refractivity contribution in [3.8, 4) is 0 Å². The quantitative estimate of drug-likeness (QED) is 0.342. The predicted molar refractivity (Wildman–Crippen MR) is 130 cm³/mol. The summed E-state index contributed by atoms with van der Waals surface area (Å²) in [6, 6.07) is 16.2. The monoisotopic (exact) mass is 528 g/mol. The van der Waals surface area contributed by atoms with Gasteiger partial charge in [-0.15, -0.1) is 0 Å². The number of hydrogen-bond acceptors (Lipinski definition) is 5. The van der Waals surface area contributed by atoms with Gasteiger partial charge < -0.3 is 5.32 Å². The van der Waals surface area contributed by atoms with Crippen LogP contribution >= 0.6 is 22.6 Å². The average molecular weight is 528 g/mol. The molecule has 1 unspecified atom stereocenters. The third-order valence-corrected chi connectivity index (χ3v) is 6.37. The number of hydrazine groups is 1. The first-order chi connectivity index (χ1) is 14.9. The summed E-state index contributed by atoms with van der Waals surface area (Å²) in [5.41, 5.74) is 5.70. The first kappa shape index (κ1) is 21.7. The van der Waals surface area contributed by atoms with Crippen LogP contribution in [0, 0.1) is 9.49 Å². The Morgan fingerprint density at radius 3 is 2.68 bits per heavy atom. The topological polar surface area (TPSA) is 87.8 Å². The van der Waals surface area contributed by atoms with Gasteiger partial charge in [-0.05, 0) is 70.8 Å². The molecule has 160 valence electrons. The maximum Gasteiger partial charge on any atom is 0.258 e. The first-order valence-corrected chi connectivity index (χ1v) is 11.5. The number of hydrogen-bond donors (Lipinski definition) is 2. The number of anilines is 1. The second-order valence-electron chi connectivity index (χ2n) is 8.07. The van der Waals surface area contributed by atoms with Gasteiger partial charge in [-0.3, -0.25) is 9.59 Å². The third kappa shape index (κ3) is 5.04. The molecule has 0 bridgehead atoms. The van der Waals surface area contributed by atoms with Gasteiger partial charge in [-0.2, -0.15) is 10.2 Å². The van der Waals surface area contributed by atoms with Crippen molar-refractivity contribution in [1.29, 1.82) is 0 Å². The maximum atomic E-state index is 12.7. The van der Waals surface area contributed by atoms with Crippen LogP contribution in [-0.2, 0) is 16.0 Å². The fourth-order valence-electron chi connectivity index (χ4n) is 4.05. The van der Waals surface area contributed by atoms with Gasteiger partial charge in [-0.1, -0.05) is 31.2 Å². The van der Waals surface area contributed by atoms with Crippen LogP contribution in [0.2, 0.25) is 0 Å². The molecule has 1 aliphatic heterocycles. The van der Waals surface area contributed by atoms with Gasteiger partial charge in [0, 0.05) is 45.7 Å². The van der Waals surface area contributed by atoms with Gasteiger partial charge in [0.05, 0.1) is 5.71 Å².